The summed E-state index contributed by atoms with van der Waals surface area (Å²) in [5.41, 5.74) is 1.78. The zero-order chi connectivity index (χ0) is 17.7. The molecular weight excluding hydrogens is 302 g/mol. The van der Waals surface area contributed by atoms with E-state index in [-0.39, 0.29) is 23.7 Å². The van der Waals surface area contributed by atoms with Crippen molar-refractivity contribution in [2.24, 2.45) is 11.3 Å². The van der Waals surface area contributed by atoms with Gasteiger partial charge in [0.05, 0.1) is 7.11 Å². The lowest BCUT2D eigenvalue weighted by Crippen LogP contribution is -2.32. The molecule has 2 rings (SSSR count). The van der Waals surface area contributed by atoms with Crippen molar-refractivity contribution in [3.63, 3.8) is 0 Å². The van der Waals surface area contributed by atoms with Crippen LogP contribution in [0.15, 0.2) is 23.8 Å². The lowest BCUT2D eigenvalue weighted by molar-refractivity contribution is -0.123. The largest absolute Gasteiger partial charge is 0.493 e. The van der Waals surface area contributed by atoms with E-state index in [0.29, 0.717) is 11.5 Å². The number of Topliss-reactive ketones (excluding diaryl/α,β-unsaturated/α-hetero) is 1. The zero-order valence-electron chi connectivity index (χ0n) is 14.9. The molecule has 0 radical (unpaired) electrons. The Hall–Kier alpha value is -2.28. The second-order valence-corrected chi connectivity index (χ2v) is 7.20. The molecule has 0 aromatic heterocycles. The smallest absolute Gasteiger partial charge is 0.174 e. The highest BCUT2D eigenvalue weighted by molar-refractivity contribution is 6.02. The monoisotopic (exact) mass is 327 g/mol. The van der Waals surface area contributed by atoms with Gasteiger partial charge in [0, 0.05) is 5.92 Å². The summed E-state index contributed by atoms with van der Waals surface area (Å²) < 4.78 is 10.7. The summed E-state index contributed by atoms with van der Waals surface area (Å²) in [5, 5.41) is 8.62. The van der Waals surface area contributed by atoms with Gasteiger partial charge in [-0.1, -0.05) is 26.8 Å². The second kappa shape index (κ2) is 7.53. The topological polar surface area (TPSA) is 59.3 Å². The van der Waals surface area contributed by atoms with Crippen LogP contribution in [-0.2, 0) is 4.79 Å². The van der Waals surface area contributed by atoms with Crippen molar-refractivity contribution in [2.45, 2.75) is 40.0 Å². The van der Waals surface area contributed by atoms with Gasteiger partial charge in [-0.2, -0.15) is 5.26 Å². The fourth-order valence-corrected chi connectivity index (χ4v) is 3.15. The quantitative estimate of drug-likeness (QED) is 0.769. The molecule has 24 heavy (non-hydrogen) atoms. The molecule has 4 nitrogen and oxygen atoms in total. The minimum Gasteiger partial charge on any atom is -0.493 e. The fourth-order valence-electron chi connectivity index (χ4n) is 3.15. The maximum atomic E-state index is 12.8. The van der Waals surface area contributed by atoms with Crippen LogP contribution in [0.5, 0.6) is 11.5 Å². The molecule has 1 aliphatic carbocycles. The molecule has 1 fully saturated rings. The predicted octanol–water partition coefficient (Wildman–Crippen LogP) is 4.40. The normalized spacial score (nSPS) is 19.9. The summed E-state index contributed by atoms with van der Waals surface area (Å²) in [4.78, 5) is 12.8. The molecule has 0 heterocycles. The second-order valence-electron chi connectivity index (χ2n) is 7.20. The van der Waals surface area contributed by atoms with Gasteiger partial charge >= 0.3 is 0 Å². The Kier molecular flexibility index (Phi) is 5.66. The Bertz CT molecular complexity index is 677. The van der Waals surface area contributed by atoms with Crippen molar-refractivity contribution in [1.82, 2.24) is 0 Å². The number of benzene rings is 1. The first-order chi connectivity index (χ1) is 11.4. The summed E-state index contributed by atoms with van der Waals surface area (Å²) >= 11 is 0. The minimum absolute atomic E-state index is 0.0106. The van der Waals surface area contributed by atoms with Crippen LogP contribution in [0.2, 0.25) is 0 Å². The molecule has 128 valence electrons. The van der Waals surface area contributed by atoms with E-state index in [1.54, 1.807) is 13.2 Å². The van der Waals surface area contributed by atoms with Gasteiger partial charge in [-0.25, -0.2) is 0 Å². The first kappa shape index (κ1) is 18.1. The van der Waals surface area contributed by atoms with E-state index in [2.05, 4.69) is 20.8 Å². The Morgan fingerprint density at radius 2 is 2.08 bits per heavy atom. The summed E-state index contributed by atoms with van der Waals surface area (Å²) in [5.74, 6) is 1.44. The van der Waals surface area contributed by atoms with Crippen molar-refractivity contribution >= 4 is 11.9 Å². The van der Waals surface area contributed by atoms with Gasteiger partial charge in [0.25, 0.3) is 0 Å². The molecule has 0 aliphatic heterocycles. The SMILES string of the molecule is COc1cc(/C=C2\CCC[C@H](C(C)(C)C)C2=O)ccc1OCC#N. The van der Waals surface area contributed by atoms with Crippen LogP contribution in [0.1, 0.15) is 45.6 Å². The molecule has 4 heteroatoms. The molecule has 1 atom stereocenters. The average molecular weight is 327 g/mol. The van der Waals surface area contributed by atoms with E-state index in [4.69, 9.17) is 14.7 Å². The molecule has 1 aliphatic rings. The summed E-state index contributed by atoms with van der Waals surface area (Å²) in [6, 6.07) is 7.44. The number of rotatable bonds is 4. The van der Waals surface area contributed by atoms with Gasteiger partial charge in [0.15, 0.2) is 23.9 Å². The van der Waals surface area contributed by atoms with Crippen LogP contribution in [0.3, 0.4) is 0 Å². The highest BCUT2D eigenvalue weighted by Gasteiger charge is 2.35. The van der Waals surface area contributed by atoms with Gasteiger partial charge in [0.2, 0.25) is 0 Å². The Morgan fingerprint density at radius 1 is 1.33 bits per heavy atom. The fraction of sp³-hybridized carbons (Fsp3) is 0.500. The van der Waals surface area contributed by atoms with E-state index in [9.17, 15) is 4.79 Å². The van der Waals surface area contributed by atoms with Gasteiger partial charge in [-0.3, -0.25) is 4.79 Å². The van der Waals surface area contributed by atoms with Crippen LogP contribution < -0.4 is 9.47 Å². The number of hydrogen-bond donors (Lipinski definition) is 0. The van der Waals surface area contributed by atoms with E-state index >= 15 is 0 Å². The van der Waals surface area contributed by atoms with Crippen molar-refractivity contribution < 1.29 is 14.3 Å². The van der Waals surface area contributed by atoms with Gasteiger partial charge in [-0.15, -0.1) is 0 Å². The standard InChI is InChI=1S/C20H25NO3/c1-20(2,3)16-7-5-6-15(19(16)22)12-14-8-9-17(24-11-10-21)18(13-14)23-4/h8-9,12-13,16H,5-7,11H2,1-4H3/b15-12+/t16-/m0/s1. The van der Waals surface area contributed by atoms with Gasteiger partial charge in [0.1, 0.15) is 6.07 Å². The Morgan fingerprint density at radius 3 is 2.71 bits per heavy atom. The van der Waals surface area contributed by atoms with E-state index in [1.807, 2.05) is 24.3 Å². The van der Waals surface area contributed by atoms with Crippen molar-refractivity contribution in [3.8, 4) is 17.6 Å². The first-order valence-electron chi connectivity index (χ1n) is 8.29. The van der Waals surface area contributed by atoms with E-state index < -0.39 is 0 Å². The molecule has 1 saturated carbocycles. The number of ketones is 1. The zero-order valence-corrected chi connectivity index (χ0v) is 14.9. The van der Waals surface area contributed by atoms with Gasteiger partial charge in [-0.05, 0) is 54.0 Å². The van der Waals surface area contributed by atoms with Crippen LogP contribution in [0, 0.1) is 22.7 Å². The third kappa shape index (κ3) is 4.17. The van der Waals surface area contributed by atoms with E-state index in [0.717, 1.165) is 30.4 Å². The maximum absolute atomic E-state index is 12.8. The summed E-state index contributed by atoms with van der Waals surface area (Å²) in [7, 11) is 1.56. The number of methoxy groups -OCH3 is 1. The summed E-state index contributed by atoms with van der Waals surface area (Å²) in [6.45, 7) is 6.36. The molecule has 0 saturated heterocycles. The molecular formula is C20H25NO3. The minimum atomic E-state index is -0.0253. The van der Waals surface area contributed by atoms with Gasteiger partial charge < -0.3 is 9.47 Å². The van der Waals surface area contributed by atoms with Crippen LogP contribution in [0.25, 0.3) is 6.08 Å². The lowest BCUT2D eigenvalue weighted by atomic mass is 9.70. The predicted molar refractivity (Wildman–Crippen MR) is 93.9 cm³/mol. The molecule has 0 unspecified atom stereocenters. The number of carbonyl (C=O) groups excluding carboxylic acids is 1. The molecule has 0 spiro atoms. The van der Waals surface area contributed by atoms with Crippen LogP contribution >= 0.6 is 0 Å². The number of carbonyl (C=O) groups is 1. The van der Waals surface area contributed by atoms with Crippen molar-refractivity contribution in [2.75, 3.05) is 13.7 Å². The lowest BCUT2D eigenvalue weighted by Gasteiger charge is -2.33. The highest BCUT2D eigenvalue weighted by atomic mass is 16.5. The van der Waals surface area contributed by atoms with E-state index in [1.165, 1.54) is 0 Å². The molecule has 0 bridgehead atoms. The molecule has 0 amide bonds. The number of allylic oxidation sites excluding steroid dienone is 1. The number of ether oxygens (including phenoxy) is 2. The third-order valence-electron chi connectivity index (χ3n) is 4.44. The third-order valence-corrected chi connectivity index (χ3v) is 4.44. The number of nitriles is 1. The van der Waals surface area contributed by atoms with Crippen molar-refractivity contribution in [1.29, 1.82) is 5.26 Å². The number of hydrogen-bond acceptors (Lipinski definition) is 4. The average Bonchev–Trinajstić information content (AvgIpc) is 2.54. The molecule has 1 aromatic carbocycles. The van der Waals surface area contributed by atoms with Crippen LogP contribution in [0.4, 0.5) is 0 Å². The van der Waals surface area contributed by atoms with Crippen molar-refractivity contribution in [3.05, 3.63) is 29.3 Å². The maximum Gasteiger partial charge on any atom is 0.174 e. The van der Waals surface area contributed by atoms with Crippen LogP contribution in [-0.4, -0.2) is 19.5 Å². The first-order valence-corrected chi connectivity index (χ1v) is 8.29. The summed E-state index contributed by atoms with van der Waals surface area (Å²) in [6.07, 6.45) is 4.78. The molecule has 0 N–H and O–H groups in total. The Labute approximate surface area is 144 Å². The number of nitrogens with zero attached hydrogens (tertiary/aromatic N) is 1. The highest BCUT2D eigenvalue weighted by Crippen LogP contribution is 2.38. The molecule has 1 aromatic rings. The Balaban J connectivity index is 2.27.